The van der Waals surface area contributed by atoms with Crippen molar-refractivity contribution >= 4 is 29.6 Å². The lowest BCUT2D eigenvalue weighted by atomic mass is 9.77. The normalized spacial score (nSPS) is 20.3. The van der Waals surface area contributed by atoms with Gasteiger partial charge >= 0.3 is 5.97 Å². The van der Waals surface area contributed by atoms with Crippen molar-refractivity contribution in [2.75, 3.05) is 6.54 Å². The number of carbonyl (C=O) groups excluding carboxylic acids is 4. The summed E-state index contributed by atoms with van der Waals surface area (Å²) in [6.07, 6.45) is 4.66. The van der Waals surface area contributed by atoms with Crippen molar-refractivity contribution in [3.63, 3.8) is 0 Å². The molecule has 0 bridgehead atoms. The number of amides is 4. The third kappa shape index (κ3) is 8.30. The molecule has 8 N–H and O–H groups in total. The number of aromatic nitrogens is 2. The highest BCUT2D eigenvalue weighted by Crippen LogP contribution is 2.30. The van der Waals surface area contributed by atoms with Gasteiger partial charge < -0.3 is 41.8 Å². The number of carboxylic acids is 1. The van der Waals surface area contributed by atoms with Crippen molar-refractivity contribution in [3.8, 4) is 5.75 Å². The molecule has 1 saturated heterocycles. The summed E-state index contributed by atoms with van der Waals surface area (Å²) < 4.78 is 0. The van der Waals surface area contributed by atoms with Crippen LogP contribution in [0.5, 0.6) is 5.75 Å². The topological polar surface area (TPSA) is 220 Å². The van der Waals surface area contributed by atoms with Gasteiger partial charge in [-0.25, -0.2) is 9.78 Å². The molecule has 1 fully saturated rings. The highest BCUT2D eigenvalue weighted by Gasteiger charge is 2.46. The smallest absolute Gasteiger partial charge is 0.329 e. The maximum Gasteiger partial charge on any atom is 0.329 e. The fraction of sp³-hybridized carbons (Fsp3) is 0.444. The SMILES string of the molecule is CC(C)[C@H](N)C(=O)N[C@@H](Cc1ccc(O)cc1)C(=O)N[C@@H](Cc1cnc[nH]1)C(=O)N1CCC[C@H]1C(=O)NC1(C(=O)O)CCc2ccccc2C1. The molecular formula is C36H45N7O7. The molecule has 266 valence electrons. The van der Waals surface area contributed by atoms with E-state index >= 15 is 0 Å². The van der Waals surface area contributed by atoms with Gasteiger partial charge in [0.25, 0.3) is 0 Å². The van der Waals surface area contributed by atoms with E-state index in [0.29, 0.717) is 30.5 Å². The molecule has 5 atom stereocenters. The number of phenols is 1. The highest BCUT2D eigenvalue weighted by atomic mass is 16.4. The Balaban J connectivity index is 1.36. The molecule has 2 aliphatic rings. The summed E-state index contributed by atoms with van der Waals surface area (Å²) in [5.74, 6) is -3.58. The van der Waals surface area contributed by atoms with Crippen LogP contribution in [0.4, 0.5) is 0 Å². The number of benzene rings is 2. The van der Waals surface area contributed by atoms with Gasteiger partial charge in [0, 0.05) is 37.7 Å². The van der Waals surface area contributed by atoms with Crippen molar-refractivity contribution in [1.82, 2.24) is 30.8 Å². The summed E-state index contributed by atoms with van der Waals surface area (Å²) in [5, 5.41) is 28.4. The van der Waals surface area contributed by atoms with Crippen LogP contribution in [0.15, 0.2) is 61.1 Å². The van der Waals surface area contributed by atoms with Crippen molar-refractivity contribution in [3.05, 3.63) is 83.4 Å². The lowest BCUT2D eigenvalue weighted by Gasteiger charge is -2.37. The van der Waals surface area contributed by atoms with Crippen LogP contribution < -0.4 is 21.7 Å². The number of hydrogen-bond donors (Lipinski definition) is 7. The molecular weight excluding hydrogens is 642 g/mol. The van der Waals surface area contributed by atoms with Gasteiger partial charge in [-0.3, -0.25) is 19.2 Å². The number of aromatic hydroxyl groups is 1. The molecule has 0 spiro atoms. The number of rotatable bonds is 13. The molecule has 2 heterocycles. The standard InChI is InChI=1S/C36H45N7O7/c1-21(2)30(37)33(47)40-27(16-22-9-11-26(44)12-10-22)31(45)41-28(17-25-19-38-20-39-25)34(48)43-15-5-8-29(43)32(46)42-36(35(49)50)14-13-23-6-3-4-7-24(23)18-36/h3-4,6-7,9-12,19-21,27-30,44H,5,8,13-18,37H2,1-2H3,(H,38,39)(H,40,47)(H,41,45)(H,42,46)(H,49,50)/t27-,28-,29-,30-,36?/m0/s1. The largest absolute Gasteiger partial charge is 0.508 e. The molecule has 3 aromatic rings. The van der Waals surface area contributed by atoms with Gasteiger partial charge in [-0.1, -0.05) is 50.2 Å². The second kappa shape index (κ2) is 15.5. The first-order chi connectivity index (χ1) is 23.9. The summed E-state index contributed by atoms with van der Waals surface area (Å²) >= 11 is 0. The van der Waals surface area contributed by atoms with Crippen LogP contribution in [-0.2, 0) is 49.7 Å². The molecule has 14 heteroatoms. The zero-order valence-electron chi connectivity index (χ0n) is 28.2. The second-order valence-corrected chi connectivity index (χ2v) is 13.6. The number of carbonyl (C=O) groups is 5. The number of nitrogens with zero attached hydrogens (tertiary/aromatic N) is 2. The van der Waals surface area contributed by atoms with Gasteiger partial charge in [-0.2, -0.15) is 0 Å². The van der Waals surface area contributed by atoms with E-state index in [2.05, 4.69) is 25.9 Å². The summed E-state index contributed by atoms with van der Waals surface area (Å²) in [7, 11) is 0. The maximum atomic E-state index is 14.3. The number of aliphatic carboxylic acids is 1. The lowest BCUT2D eigenvalue weighted by molar-refractivity contribution is -0.150. The third-order valence-electron chi connectivity index (χ3n) is 9.67. The van der Waals surface area contributed by atoms with Crippen molar-refractivity contribution in [2.45, 2.75) is 88.5 Å². The Labute approximate surface area is 290 Å². The molecule has 1 aromatic heterocycles. The lowest BCUT2D eigenvalue weighted by Crippen LogP contribution is -2.62. The van der Waals surface area contributed by atoms with Crippen molar-refractivity contribution < 1.29 is 34.2 Å². The minimum absolute atomic E-state index is 0.0106. The average molecular weight is 688 g/mol. The van der Waals surface area contributed by atoms with Gasteiger partial charge in [-0.15, -0.1) is 0 Å². The molecule has 5 rings (SSSR count). The fourth-order valence-electron chi connectivity index (χ4n) is 6.64. The van der Waals surface area contributed by atoms with Crippen LogP contribution >= 0.6 is 0 Å². The van der Waals surface area contributed by atoms with Gasteiger partial charge in [-0.05, 0) is 60.4 Å². The number of nitrogens with one attached hydrogen (secondary N) is 4. The predicted octanol–water partition coefficient (Wildman–Crippen LogP) is 0.973. The molecule has 50 heavy (non-hydrogen) atoms. The number of nitrogens with two attached hydrogens (primary N) is 1. The molecule has 4 amide bonds. The molecule has 14 nitrogen and oxygen atoms in total. The van der Waals surface area contributed by atoms with Crippen LogP contribution in [-0.4, -0.2) is 90.9 Å². The van der Waals surface area contributed by atoms with E-state index in [4.69, 9.17) is 5.73 Å². The van der Waals surface area contributed by atoms with E-state index < -0.39 is 59.3 Å². The zero-order valence-corrected chi connectivity index (χ0v) is 28.2. The Hall–Kier alpha value is -5.24. The Morgan fingerprint density at radius 2 is 1.70 bits per heavy atom. The number of aryl methyl sites for hydroxylation is 1. The highest BCUT2D eigenvalue weighted by molar-refractivity contribution is 5.96. The first-order valence-electron chi connectivity index (χ1n) is 16.9. The summed E-state index contributed by atoms with van der Waals surface area (Å²) in [6.45, 7) is 3.80. The molecule has 1 aliphatic heterocycles. The van der Waals surface area contributed by atoms with Gasteiger partial charge in [0.2, 0.25) is 23.6 Å². The predicted molar refractivity (Wildman–Crippen MR) is 182 cm³/mol. The van der Waals surface area contributed by atoms with Crippen LogP contribution in [0.25, 0.3) is 0 Å². The molecule has 0 radical (unpaired) electrons. The number of aromatic amines is 1. The van der Waals surface area contributed by atoms with E-state index in [1.807, 2.05) is 24.3 Å². The number of hydrogen-bond acceptors (Lipinski definition) is 8. The number of likely N-dealkylation sites (tertiary alicyclic amines) is 1. The second-order valence-electron chi connectivity index (χ2n) is 13.6. The Morgan fingerprint density at radius 1 is 1.00 bits per heavy atom. The van der Waals surface area contributed by atoms with E-state index in [-0.39, 0.29) is 43.9 Å². The molecule has 1 unspecified atom stereocenters. The minimum Gasteiger partial charge on any atom is -0.508 e. The quantitative estimate of drug-likeness (QED) is 0.136. The number of H-pyrrole nitrogens is 1. The van der Waals surface area contributed by atoms with Crippen molar-refractivity contribution in [2.24, 2.45) is 11.7 Å². The molecule has 0 saturated carbocycles. The van der Waals surface area contributed by atoms with E-state index in [1.54, 1.807) is 26.0 Å². The average Bonchev–Trinajstić information content (AvgIpc) is 3.80. The van der Waals surface area contributed by atoms with Crippen LogP contribution in [0.3, 0.4) is 0 Å². The number of imidazole rings is 1. The summed E-state index contributed by atoms with van der Waals surface area (Å²) in [6, 6.07) is 9.61. The first-order valence-corrected chi connectivity index (χ1v) is 16.9. The van der Waals surface area contributed by atoms with E-state index in [1.165, 1.54) is 29.6 Å². The van der Waals surface area contributed by atoms with E-state index in [0.717, 1.165) is 11.1 Å². The minimum atomic E-state index is -1.53. The zero-order chi connectivity index (χ0) is 36.0. The first kappa shape index (κ1) is 36.1. The Kier molecular flexibility index (Phi) is 11.2. The fourth-order valence-corrected chi connectivity index (χ4v) is 6.64. The third-order valence-corrected chi connectivity index (χ3v) is 9.67. The van der Waals surface area contributed by atoms with Gasteiger partial charge in [0.15, 0.2) is 0 Å². The number of fused-ring (bicyclic) bond motifs is 1. The van der Waals surface area contributed by atoms with Crippen LogP contribution in [0.2, 0.25) is 0 Å². The van der Waals surface area contributed by atoms with Crippen molar-refractivity contribution in [1.29, 1.82) is 0 Å². The Morgan fingerprint density at radius 3 is 2.36 bits per heavy atom. The van der Waals surface area contributed by atoms with Crippen LogP contribution in [0, 0.1) is 5.92 Å². The summed E-state index contributed by atoms with van der Waals surface area (Å²) in [4.78, 5) is 76.1. The number of phenolic OH excluding ortho intramolecular Hbond substituents is 1. The molecule has 2 aromatic carbocycles. The number of carboxylic acid groups (broad SMARTS) is 1. The maximum absolute atomic E-state index is 14.3. The monoisotopic (exact) mass is 687 g/mol. The van der Waals surface area contributed by atoms with Gasteiger partial charge in [0.05, 0.1) is 12.4 Å². The molecule has 1 aliphatic carbocycles. The van der Waals surface area contributed by atoms with E-state index in [9.17, 15) is 34.2 Å². The van der Waals surface area contributed by atoms with Crippen LogP contribution in [0.1, 0.15) is 55.5 Å². The summed E-state index contributed by atoms with van der Waals surface area (Å²) in [5.41, 5.74) is 7.65. The Bertz CT molecular complexity index is 1690. The van der Waals surface area contributed by atoms with Gasteiger partial charge in [0.1, 0.15) is 29.4 Å².